The van der Waals surface area contributed by atoms with E-state index in [0.717, 1.165) is 30.6 Å². The van der Waals surface area contributed by atoms with Gasteiger partial charge in [0.1, 0.15) is 0 Å². The predicted molar refractivity (Wildman–Crippen MR) is 103 cm³/mol. The molecular formula is C21H25N3O2. The summed E-state index contributed by atoms with van der Waals surface area (Å²) in [7, 11) is 0. The highest BCUT2D eigenvalue weighted by atomic mass is 16.2. The normalized spacial score (nSPS) is 17.5. The third-order valence-electron chi connectivity index (χ3n) is 4.65. The van der Waals surface area contributed by atoms with Crippen molar-refractivity contribution in [3.05, 3.63) is 65.7 Å². The van der Waals surface area contributed by atoms with E-state index in [9.17, 15) is 9.59 Å². The van der Waals surface area contributed by atoms with Crippen molar-refractivity contribution < 1.29 is 9.59 Å². The molecule has 3 N–H and O–H groups in total. The van der Waals surface area contributed by atoms with Gasteiger partial charge in [0.05, 0.1) is 6.04 Å². The van der Waals surface area contributed by atoms with Crippen LogP contribution in [0.2, 0.25) is 0 Å². The summed E-state index contributed by atoms with van der Waals surface area (Å²) in [5.41, 5.74) is 2.29. The molecular weight excluding hydrogens is 326 g/mol. The van der Waals surface area contributed by atoms with Gasteiger partial charge in [-0.15, -0.1) is 0 Å². The first-order valence-electron chi connectivity index (χ1n) is 9.11. The van der Waals surface area contributed by atoms with Crippen LogP contribution in [0.1, 0.15) is 48.1 Å². The Morgan fingerprint density at radius 2 is 1.96 bits per heavy atom. The number of benzene rings is 2. The molecule has 0 radical (unpaired) electrons. The molecule has 0 spiro atoms. The molecule has 2 aromatic rings. The molecule has 0 aliphatic carbocycles. The van der Waals surface area contributed by atoms with Gasteiger partial charge in [0.25, 0.3) is 5.91 Å². The van der Waals surface area contributed by atoms with Crippen molar-refractivity contribution in [1.29, 1.82) is 0 Å². The second-order valence-electron chi connectivity index (χ2n) is 6.73. The standard InChI is InChI=1S/C21H25N3O2/c1-15(23-20(25)14-18-11-6-12-22-18)17-9-5-10-19(13-17)24-21(26)16-7-3-2-4-8-16/h2-5,7-10,13,15,18,22H,6,11-12,14H2,1H3,(H,23,25)(H,24,26). The lowest BCUT2D eigenvalue weighted by Crippen LogP contribution is -2.33. The third-order valence-corrected chi connectivity index (χ3v) is 4.65. The molecule has 1 saturated heterocycles. The van der Waals surface area contributed by atoms with Gasteiger partial charge in [0.2, 0.25) is 5.91 Å². The van der Waals surface area contributed by atoms with Crippen LogP contribution in [-0.2, 0) is 4.79 Å². The second-order valence-corrected chi connectivity index (χ2v) is 6.73. The van der Waals surface area contributed by atoms with Crippen LogP contribution >= 0.6 is 0 Å². The Balaban J connectivity index is 1.59. The maximum absolute atomic E-state index is 12.3. The lowest BCUT2D eigenvalue weighted by molar-refractivity contribution is -0.122. The van der Waals surface area contributed by atoms with E-state index < -0.39 is 0 Å². The Morgan fingerprint density at radius 1 is 1.15 bits per heavy atom. The van der Waals surface area contributed by atoms with Gasteiger partial charge in [-0.05, 0) is 56.1 Å². The summed E-state index contributed by atoms with van der Waals surface area (Å²) in [6.07, 6.45) is 2.70. The van der Waals surface area contributed by atoms with Crippen LogP contribution in [0.4, 0.5) is 5.69 Å². The van der Waals surface area contributed by atoms with E-state index in [1.807, 2.05) is 49.4 Å². The summed E-state index contributed by atoms with van der Waals surface area (Å²) in [4.78, 5) is 24.5. The summed E-state index contributed by atoms with van der Waals surface area (Å²) in [5.74, 6) is -0.0950. The molecule has 3 rings (SSSR count). The monoisotopic (exact) mass is 351 g/mol. The largest absolute Gasteiger partial charge is 0.350 e. The number of nitrogens with one attached hydrogen (secondary N) is 3. The summed E-state index contributed by atoms with van der Waals surface area (Å²) < 4.78 is 0. The predicted octanol–water partition coefficient (Wildman–Crippen LogP) is 3.26. The summed E-state index contributed by atoms with van der Waals surface area (Å²) in [5, 5.41) is 9.29. The molecule has 1 aliphatic heterocycles. The van der Waals surface area contributed by atoms with E-state index in [0.29, 0.717) is 18.0 Å². The number of amides is 2. The number of carbonyl (C=O) groups is 2. The highest BCUT2D eigenvalue weighted by Crippen LogP contribution is 2.19. The van der Waals surface area contributed by atoms with Gasteiger partial charge in [-0.2, -0.15) is 0 Å². The fourth-order valence-corrected chi connectivity index (χ4v) is 3.22. The quantitative estimate of drug-likeness (QED) is 0.748. The van der Waals surface area contributed by atoms with E-state index in [4.69, 9.17) is 0 Å². The number of hydrogen-bond donors (Lipinski definition) is 3. The summed E-state index contributed by atoms with van der Waals surface area (Å²) >= 11 is 0. The highest BCUT2D eigenvalue weighted by molar-refractivity contribution is 6.04. The topological polar surface area (TPSA) is 70.2 Å². The maximum atomic E-state index is 12.3. The van der Waals surface area contributed by atoms with Crippen molar-refractivity contribution >= 4 is 17.5 Å². The van der Waals surface area contributed by atoms with E-state index in [1.54, 1.807) is 12.1 Å². The number of rotatable bonds is 6. The average molecular weight is 351 g/mol. The zero-order valence-corrected chi connectivity index (χ0v) is 15.0. The molecule has 0 bridgehead atoms. The van der Waals surface area contributed by atoms with Crippen molar-refractivity contribution in [2.45, 2.75) is 38.3 Å². The molecule has 1 fully saturated rings. The van der Waals surface area contributed by atoms with Crippen LogP contribution < -0.4 is 16.0 Å². The Hall–Kier alpha value is -2.66. The van der Waals surface area contributed by atoms with Gasteiger partial charge in [0.15, 0.2) is 0 Å². The van der Waals surface area contributed by atoms with Crippen LogP contribution in [-0.4, -0.2) is 24.4 Å². The molecule has 2 aromatic carbocycles. The van der Waals surface area contributed by atoms with Crippen molar-refractivity contribution in [3.8, 4) is 0 Å². The second kappa shape index (κ2) is 8.63. The SMILES string of the molecule is CC(NC(=O)CC1CCCN1)c1cccc(NC(=O)c2ccccc2)c1. The molecule has 2 unspecified atom stereocenters. The zero-order valence-electron chi connectivity index (χ0n) is 15.0. The minimum Gasteiger partial charge on any atom is -0.350 e. The number of hydrogen-bond acceptors (Lipinski definition) is 3. The van der Waals surface area contributed by atoms with Crippen molar-refractivity contribution in [2.24, 2.45) is 0 Å². The van der Waals surface area contributed by atoms with Crippen LogP contribution in [0.15, 0.2) is 54.6 Å². The highest BCUT2D eigenvalue weighted by Gasteiger charge is 2.19. The van der Waals surface area contributed by atoms with Gasteiger partial charge in [0, 0.05) is 23.7 Å². The molecule has 5 heteroatoms. The molecule has 5 nitrogen and oxygen atoms in total. The van der Waals surface area contributed by atoms with Crippen LogP contribution in [0, 0.1) is 0 Å². The van der Waals surface area contributed by atoms with Crippen LogP contribution in [0.25, 0.3) is 0 Å². The minimum absolute atomic E-state index is 0.0515. The van der Waals surface area contributed by atoms with Crippen LogP contribution in [0.3, 0.4) is 0 Å². The van der Waals surface area contributed by atoms with E-state index in [-0.39, 0.29) is 17.9 Å². The van der Waals surface area contributed by atoms with Crippen molar-refractivity contribution in [2.75, 3.05) is 11.9 Å². The fraction of sp³-hybridized carbons (Fsp3) is 0.333. The summed E-state index contributed by atoms with van der Waals surface area (Å²) in [6.45, 7) is 2.95. The zero-order chi connectivity index (χ0) is 18.4. The van der Waals surface area contributed by atoms with Gasteiger partial charge in [-0.3, -0.25) is 9.59 Å². The van der Waals surface area contributed by atoms with Crippen molar-refractivity contribution in [1.82, 2.24) is 10.6 Å². The molecule has 136 valence electrons. The molecule has 2 atom stereocenters. The number of carbonyl (C=O) groups excluding carboxylic acids is 2. The molecule has 0 saturated carbocycles. The van der Waals surface area contributed by atoms with E-state index >= 15 is 0 Å². The van der Waals surface area contributed by atoms with Gasteiger partial charge >= 0.3 is 0 Å². The van der Waals surface area contributed by atoms with Crippen LogP contribution in [0.5, 0.6) is 0 Å². The first kappa shape index (κ1) is 18.1. The van der Waals surface area contributed by atoms with Crippen molar-refractivity contribution in [3.63, 3.8) is 0 Å². The molecule has 0 aromatic heterocycles. The Labute approximate surface area is 154 Å². The van der Waals surface area contributed by atoms with E-state index in [2.05, 4.69) is 16.0 Å². The lowest BCUT2D eigenvalue weighted by atomic mass is 10.1. The van der Waals surface area contributed by atoms with Gasteiger partial charge in [-0.25, -0.2) is 0 Å². The minimum atomic E-state index is -0.147. The lowest BCUT2D eigenvalue weighted by Gasteiger charge is -2.17. The molecule has 1 aliphatic rings. The molecule has 1 heterocycles. The third kappa shape index (κ3) is 4.92. The number of anilines is 1. The molecule has 2 amide bonds. The molecule has 26 heavy (non-hydrogen) atoms. The Morgan fingerprint density at radius 3 is 2.69 bits per heavy atom. The maximum Gasteiger partial charge on any atom is 0.255 e. The van der Waals surface area contributed by atoms with Gasteiger partial charge < -0.3 is 16.0 Å². The fourth-order valence-electron chi connectivity index (χ4n) is 3.22. The Bertz CT molecular complexity index is 755. The first-order chi connectivity index (χ1) is 12.6. The first-order valence-corrected chi connectivity index (χ1v) is 9.11. The average Bonchev–Trinajstić information content (AvgIpc) is 3.15. The smallest absolute Gasteiger partial charge is 0.255 e. The summed E-state index contributed by atoms with van der Waals surface area (Å²) in [6, 6.07) is 16.9. The van der Waals surface area contributed by atoms with E-state index in [1.165, 1.54) is 0 Å². The van der Waals surface area contributed by atoms with Gasteiger partial charge in [-0.1, -0.05) is 30.3 Å². The Kier molecular flexibility index (Phi) is 6.02.